The van der Waals surface area contributed by atoms with Crippen LogP contribution in [0.5, 0.6) is 11.5 Å². The van der Waals surface area contributed by atoms with E-state index in [1.54, 1.807) is 30.3 Å². The lowest BCUT2D eigenvalue weighted by molar-refractivity contribution is -0.124. The molecule has 0 aliphatic carbocycles. The van der Waals surface area contributed by atoms with Gasteiger partial charge in [-0.15, -0.1) is 0 Å². The number of hydrogen-bond donors (Lipinski definition) is 3. The predicted molar refractivity (Wildman–Crippen MR) is 112 cm³/mol. The molecule has 0 atom stereocenters. The molecule has 0 saturated carbocycles. The van der Waals surface area contributed by atoms with Crippen molar-refractivity contribution < 1.29 is 19.4 Å². The van der Waals surface area contributed by atoms with Crippen LogP contribution >= 0.6 is 27.5 Å². The quantitative estimate of drug-likeness (QED) is 0.422. The van der Waals surface area contributed by atoms with Crippen LogP contribution in [-0.4, -0.2) is 30.2 Å². The smallest absolute Gasteiger partial charge is 0.240 e. The summed E-state index contributed by atoms with van der Waals surface area (Å²) in [6.45, 7) is 1.87. The number of rotatable bonds is 7. The van der Waals surface area contributed by atoms with E-state index in [1.807, 2.05) is 6.92 Å². The lowest BCUT2D eigenvalue weighted by Crippen LogP contribution is -2.20. The molecular weight excluding hydrogens is 450 g/mol. The monoisotopic (exact) mass is 467 g/mol. The lowest BCUT2D eigenvalue weighted by atomic mass is 10.2. The minimum atomic E-state index is -0.404. The van der Waals surface area contributed by atoms with Crippen LogP contribution in [0.4, 0.5) is 5.69 Å². The maximum absolute atomic E-state index is 11.9. The fourth-order valence-corrected chi connectivity index (χ4v) is 2.82. The molecule has 7 nitrogen and oxygen atoms in total. The molecule has 0 spiro atoms. The van der Waals surface area contributed by atoms with Crippen molar-refractivity contribution in [2.75, 3.05) is 12.4 Å². The van der Waals surface area contributed by atoms with E-state index in [0.717, 1.165) is 5.56 Å². The van der Waals surface area contributed by atoms with Crippen LogP contribution in [0.2, 0.25) is 5.02 Å². The summed E-state index contributed by atoms with van der Waals surface area (Å²) in [7, 11) is 1.43. The van der Waals surface area contributed by atoms with E-state index in [-0.39, 0.29) is 30.2 Å². The standard InChI is InChI=1S/C19H19BrClN3O4/c1-11-3-4-13(9-15(11)21)23-17(25)5-6-18(26)24-22-10-12-7-14(20)19(27)16(8-12)28-2/h3-4,7-10,27H,5-6H2,1-2H3,(H,23,25)(H,24,26)/b22-10+. The third-order valence-corrected chi connectivity index (χ3v) is 4.72. The third kappa shape index (κ3) is 6.24. The molecule has 2 amide bonds. The molecule has 0 aromatic heterocycles. The maximum Gasteiger partial charge on any atom is 0.240 e. The molecule has 0 radical (unpaired) electrons. The number of nitrogens with one attached hydrogen (secondary N) is 2. The molecule has 9 heteroatoms. The van der Waals surface area contributed by atoms with Gasteiger partial charge in [0.15, 0.2) is 11.5 Å². The van der Waals surface area contributed by atoms with E-state index in [0.29, 0.717) is 20.7 Å². The molecule has 0 aliphatic rings. The zero-order chi connectivity index (χ0) is 20.7. The Morgan fingerprint density at radius 1 is 1.25 bits per heavy atom. The van der Waals surface area contributed by atoms with E-state index in [2.05, 4.69) is 31.8 Å². The van der Waals surface area contributed by atoms with Gasteiger partial charge in [0, 0.05) is 23.6 Å². The topological polar surface area (TPSA) is 100 Å². The number of methoxy groups -OCH3 is 1. The zero-order valence-corrected chi connectivity index (χ0v) is 17.6. The van der Waals surface area contributed by atoms with Crippen molar-refractivity contribution in [3.63, 3.8) is 0 Å². The highest BCUT2D eigenvalue weighted by Gasteiger charge is 2.09. The van der Waals surface area contributed by atoms with Crippen LogP contribution in [-0.2, 0) is 9.59 Å². The summed E-state index contributed by atoms with van der Waals surface area (Å²) < 4.78 is 5.48. The Bertz CT molecular complexity index is 918. The molecule has 0 aliphatic heterocycles. The van der Waals surface area contributed by atoms with E-state index in [4.69, 9.17) is 16.3 Å². The van der Waals surface area contributed by atoms with E-state index in [1.165, 1.54) is 13.3 Å². The number of hydrazone groups is 1. The summed E-state index contributed by atoms with van der Waals surface area (Å²) in [5, 5.41) is 16.8. The lowest BCUT2D eigenvalue weighted by Gasteiger charge is -2.07. The number of phenols is 1. The average Bonchev–Trinajstić information content (AvgIpc) is 2.65. The van der Waals surface area contributed by atoms with Gasteiger partial charge in [-0.2, -0.15) is 5.10 Å². The first kappa shape index (κ1) is 21.7. The minimum absolute atomic E-state index is 0.00539. The van der Waals surface area contributed by atoms with Crippen LogP contribution < -0.4 is 15.5 Å². The predicted octanol–water partition coefficient (Wildman–Crippen LogP) is 3.99. The number of amides is 2. The fraction of sp³-hybridized carbons (Fsp3) is 0.211. The van der Waals surface area contributed by atoms with Crippen LogP contribution in [0.25, 0.3) is 0 Å². The van der Waals surface area contributed by atoms with Crippen molar-refractivity contribution in [3.05, 3.63) is 51.0 Å². The van der Waals surface area contributed by atoms with Crippen molar-refractivity contribution >= 4 is 51.2 Å². The molecule has 0 fully saturated rings. The number of aromatic hydroxyl groups is 1. The number of hydrogen-bond acceptors (Lipinski definition) is 5. The number of halogens is 2. The van der Waals surface area contributed by atoms with Gasteiger partial charge in [0.1, 0.15) is 0 Å². The van der Waals surface area contributed by atoms with Gasteiger partial charge in [-0.25, -0.2) is 5.43 Å². The van der Waals surface area contributed by atoms with Crippen molar-refractivity contribution in [2.24, 2.45) is 5.10 Å². The summed E-state index contributed by atoms with van der Waals surface area (Å²) in [6, 6.07) is 8.39. The highest BCUT2D eigenvalue weighted by molar-refractivity contribution is 9.10. The van der Waals surface area contributed by atoms with Gasteiger partial charge in [-0.05, 0) is 58.2 Å². The molecule has 28 heavy (non-hydrogen) atoms. The van der Waals surface area contributed by atoms with E-state index >= 15 is 0 Å². The number of carbonyl (C=O) groups excluding carboxylic acids is 2. The molecule has 0 heterocycles. The van der Waals surface area contributed by atoms with Crippen LogP contribution in [0.1, 0.15) is 24.0 Å². The van der Waals surface area contributed by atoms with E-state index in [9.17, 15) is 14.7 Å². The van der Waals surface area contributed by atoms with Gasteiger partial charge in [-0.1, -0.05) is 17.7 Å². The molecule has 2 rings (SSSR count). The largest absolute Gasteiger partial charge is 0.503 e. The molecule has 0 saturated heterocycles. The van der Waals surface area contributed by atoms with Gasteiger partial charge in [-0.3, -0.25) is 9.59 Å². The number of phenolic OH excluding ortho intramolecular Hbond substituents is 1. The number of ether oxygens (including phenoxy) is 1. The summed E-state index contributed by atoms with van der Waals surface area (Å²) in [4.78, 5) is 23.8. The number of nitrogens with zero attached hydrogens (tertiary/aromatic N) is 1. The van der Waals surface area contributed by atoms with Crippen molar-refractivity contribution in [1.29, 1.82) is 0 Å². The second-order valence-electron chi connectivity index (χ2n) is 5.86. The molecule has 2 aromatic carbocycles. The summed E-state index contributed by atoms with van der Waals surface area (Å²) in [5.74, 6) is -0.455. The Balaban J connectivity index is 1.82. The SMILES string of the molecule is COc1cc(/C=N/NC(=O)CCC(=O)Nc2ccc(C)c(Cl)c2)cc(Br)c1O. The normalized spacial score (nSPS) is 10.7. The Labute approximate surface area is 175 Å². The number of aryl methyl sites for hydroxylation is 1. The van der Waals surface area contributed by atoms with Gasteiger partial charge >= 0.3 is 0 Å². The third-order valence-electron chi connectivity index (χ3n) is 3.71. The van der Waals surface area contributed by atoms with E-state index < -0.39 is 5.91 Å². The fourth-order valence-electron chi connectivity index (χ4n) is 2.18. The van der Waals surface area contributed by atoms with Gasteiger partial charge in [0.05, 0.1) is 17.8 Å². The first-order valence-electron chi connectivity index (χ1n) is 8.24. The molecule has 3 N–H and O–H groups in total. The Kier molecular flexibility index (Phi) is 7.83. The zero-order valence-electron chi connectivity index (χ0n) is 15.3. The highest BCUT2D eigenvalue weighted by atomic mass is 79.9. The highest BCUT2D eigenvalue weighted by Crippen LogP contribution is 2.34. The van der Waals surface area contributed by atoms with Crippen molar-refractivity contribution in [1.82, 2.24) is 5.43 Å². The molecule has 0 bridgehead atoms. The molecule has 0 unspecified atom stereocenters. The van der Waals surface area contributed by atoms with Gasteiger partial charge in [0.25, 0.3) is 0 Å². The second-order valence-corrected chi connectivity index (χ2v) is 7.12. The number of benzene rings is 2. The Hall–Kier alpha value is -2.58. The first-order valence-corrected chi connectivity index (χ1v) is 9.41. The summed E-state index contributed by atoms with van der Waals surface area (Å²) in [6.07, 6.45) is 1.38. The van der Waals surface area contributed by atoms with Gasteiger partial charge in [0.2, 0.25) is 11.8 Å². The number of carbonyl (C=O) groups is 2. The van der Waals surface area contributed by atoms with Crippen LogP contribution in [0, 0.1) is 6.92 Å². The first-order chi connectivity index (χ1) is 13.3. The summed E-state index contributed by atoms with van der Waals surface area (Å²) >= 11 is 9.22. The van der Waals surface area contributed by atoms with Crippen molar-refractivity contribution in [3.8, 4) is 11.5 Å². The Morgan fingerprint density at radius 3 is 2.64 bits per heavy atom. The van der Waals surface area contributed by atoms with Crippen LogP contribution in [0.15, 0.2) is 39.9 Å². The van der Waals surface area contributed by atoms with Crippen LogP contribution in [0.3, 0.4) is 0 Å². The van der Waals surface area contributed by atoms with Crippen molar-refractivity contribution in [2.45, 2.75) is 19.8 Å². The average molecular weight is 469 g/mol. The Morgan fingerprint density at radius 2 is 1.96 bits per heavy atom. The molecule has 2 aromatic rings. The second kappa shape index (κ2) is 10.1. The molecule has 148 valence electrons. The maximum atomic E-state index is 11.9. The minimum Gasteiger partial charge on any atom is -0.503 e. The van der Waals surface area contributed by atoms with Gasteiger partial charge < -0.3 is 15.2 Å². The molecular formula is C19H19BrClN3O4. The summed E-state index contributed by atoms with van der Waals surface area (Å²) in [5.41, 5.74) is 4.44. The number of anilines is 1.